The van der Waals surface area contributed by atoms with Gasteiger partial charge in [-0.2, -0.15) is 0 Å². The number of Topliss-reactive ketones (excluding diaryl/α,β-unsaturated/α-hetero) is 1. The Morgan fingerprint density at radius 1 is 1.11 bits per heavy atom. The topological polar surface area (TPSA) is 128 Å². The lowest BCUT2D eigenvalue weighted by atomic mass is 9.94. The van der Waals surface area contributed by atoms with Crippen molar-refractivity contribution in [2.75, 3.05) is 26.2 Å². The number of aliphatic hydroxyl groups excluding tert-OH is 1. The number of amides is 1. The number of furan rings is 1. The van der Waals surface area contributed by atoms with Crippen LogP contribution in [0.5, 0.6) is 11.5 Å². The fourth-order valence-electron chi connectivity index (χ4n) is 3.84. The van der Waals surface area contributed by atoms with Crippen LogP contribution in [0.15, 0.2) is 46.1 Å². The molecule has 2 aromatic heterocycles. The Bertz CT molecular complexity index is 1370. The number of aryl methyl sites for hydroxylation is 2. The van der Waals surface area contributed by atoms with Crippen LogP contribution in [-0.2, 0) is 9.53 Å². The monoisotopic (exact) mass is 498 g/mol. The third-order valence-electron chi connectivity index (χ3n) is 5.51. The molecule has 1 atom stereocenters. The Balaban J connectivity index is 1.95. The molecule has 0 spiro atoms. The van der Waals surface area contributed by atoms with Gasteiger partial charge >= 0.3 is 5.97 Å². The van der Waals surface area contributed by atoms with Crippen molar-refractivity contribution in [1.29, 1.82) is 0 Å². The molecule has 182 valence electrons. The number of anilines is 1. The summed E-state index contributed by atoms with van der Waals surface area (Å²) in [6.45, 7) is 3.27. The molecule has 3 aromatic rings. The molecule has 1 amide bonds. The smallest absolute Gasteiger partial charge is 0.350 e. The predicted octanol–water partition coefficient (Wildman–Crippen LogP) is 3.94. The number of thiazole rings is 1. The summed E-state index contributed by atoms with van der Waals surface area (Å²) in [5, 5.41) is 11.0. The summed E-state index contributed by atoms with van der Waals surface area (Å²) in [6.07, 6.45) is 0. The standard InChI is InChI=1S/C24H22N2O8S/c1-11-6-8-16(34-11)19(27)17-18(14-10-13(31-3)7-9-15(14)32-4)26(22(29)20(17)28)24-25-12(2)21(35-24)23(30)33-5/h6-10,18,28H,1-5H3/t18-/m0/s1. The molecule has 1 N–H and O–H groups in total. The highest BCUT2D eigenvalue weighted by Crippen LogP contribution is 2.47. The van der Waals surface area contributed by atoms with Crippen molar-refractivity contribution in [2.24, 2.45) is 0 Å². The predicted molar refractivity (Wildman–Crippen MR) is 125 cm³/mol. The van der Waals surface area contributed by atoms with E-state index in [1.54, 1.807) is 38.1 Å². The van der Waals surface area contributed by atoms with Crippen molar-refractivity contribution in [3.8, 4) is 11.5 Å². The zero-order chi connectivity index (χ0) is 25.4. The summed E-state index contributed by atoms with van der Waals surface area (Å²) < 4.78 is 21.1. The number of aliphatic hydroxyl groups is 1. The van der Waals surface area contributed by atoms with E-state index in [1.165, 1.54) is 27.4 Å². The fourth-order valence-corrected chi connectivity index (χ4v) is 4.85. The summed E-state index contributed by atoms with van der Waals surface area (Å²) in [4.78, 5) is 44.8. The SMILES string of the molecule is COC(=O)c1sc(N2C(=O)C(O)=C(C(=O)c3ccc(C)o3)[C@@H]2c2cc(OC)ccc2OC)nc1C. The number of hydrogen-bond donors (Lipinski definition) is 1. The Labute approximate surface area is 204 Å². The van der Waals surface area contributed by atoms with E-state index in [0.717, 1.165) is 16.2 Å². The number of hydrogen-bond acceptors (Lipinski definition) is 10. The number of rotatable bonds is 7. The van der Waals surface area contributed by atoms with Gasteiger partial charge in [-0.1, -0.05) is 11.3 Å². The van der Waals surface area contributed by atoms with Crippen LogP contribution in [0.1, 0.15) is 43.3 Å². The number of ketones is 1. The van der Waals surface area contributed by atoms with Gasteiger partial charge in [0.1, 0.15) is 28.2 Å². The van der Waals surface area contributed by atoms with E-state index in [0.29, 0.717) is 28.5 Å². The second-order valence-electron chi connectivity index (χ2n) is 7.59. The van der Waals surface area contributed by atoms with Gasteiger partial charge in [-0.25, -0.2) is 9.78 Å². The number of aromatic nitrogens is 1. The molecule has 10 nitrogen and oxygen atoms in total. The highest BCUT2D eigenvalue weighted by Gasteiger charge is 2.48. The molecule has 0 unspecified atom stereocenters. The number of methoxy groups -OCH3 is 3. The van der Waals surface area contributed by atoms with Crippen LogP contribution in [0.2, 0.25) is 0 Å². The Hall–Kier alpha value is -4.12. The molecule has 0 radical (unpaired) electrons. The van der Waals surface area contributed by atoms with E-state index in [4.69, 9.17) is 18.6 Å². The first-order chi connectivity index (χ1) is 16.7. The highest BCUT2D eigenvalue weighted by molar-refractivity contribution is 7.17. The third-order valence-corrected chi connectivity index (χ3v) is 6.65. The number of carbonyl (C=O) groups is 3. The Kier molecular flexibility index (Phi) is 6.35. The molecule has 1 aromatic carbocycles. The minimum Gasteiger partial charge on any atom is -0.503 e. The number of ether oxygens (including phenoxy) is 3. The first-order valence-electron chi connectivity index (χ1n) is 10.4. The maximum absolute atomic E-state index is 13.5. The summed E-state index contributed by atoms with van der Waals surface area (Å²) >= 11 is 0.906. The maximum Gasteiger partial charge on any atom is 0.350 e. The van der Waals surface area contributed by atoms with Crippen molar-refractivity contribution in [3.05, 3.63) is 69.3 Å². The Morgan fingerprint density at radius 2 is 1.86 bits per heavy atom. The van der Waals surface area contributed by atoms with Gasteiger partial charge in [0.2, 0.25) is 5.78 Å². The summed E-state index contributed by atoms with van der Waals surface area (Å²) in [6, 6.07) is 6.80. The zero-order valence-electron chi connectivity index (χ0n) is 19.6. The second kappa shape index (κ2) is 9.26. The third kappa shape index (κ3) is 4.03. The summed E-state index contributed by atoms with van der Waals surface area (Å²) in [5.74, 6) is -1.70. The summed E-state index contributed by atoms with van der Waals surface area (Å²) in [7, 11) is 4.15. The number of esters is 1. The zero-order valence-corrected chi connectivity index (χ0v) is 20.4. The van der Waals surface area contributed by atoms with Crippen LogP contribution in [0.25, 0.3) is 0 Å². The van der Waals surface area contributed by atoms with E-state index in [1.807, 2.05) is 0 Å². The lowest BCUT2D eigenvalue weighted by Gasteiger charge is -2.26. The molecule has 11 heteroatoms. The van der Waals surface area contributed by atoms with Crippen molar-refractivity contribution in [2.45, 2.75) is 19.9 Å². The minimum absolute atomic E-state index is 0.0452. The molecule has 3 heterocycles. The average Bonchev–Trinajstić information content (AvgIpc) is 3.53. The first kappa shape index (κ1) is 24.0. The van der Waals surface area contributed by atoms with Gasteiger partial charge in [0.15, 0.2) is 16.7 Å². The van der Waals surface area contributed by atoms with Gasteiger partial charge < -0.3 is 23.7 Å². The van der Waals surface area contributed by atoms with Gasteiger partial charge in [-0.15, -0.1) is 0 Å². The van der Waals surface area contributed by atoms with Gasteiger partial charge in [-0.3, -0.25) is 14.5 Å². The highest BCUT2D eigenvalue weighted by atomic mass is 32.1. The molecule has 35 heavy (non-hydrogen) atoms. The minimum atomic E-state index is -1.15. The molecule has 0 saturated carbocycles. The molecular weight excluding hydrogens is 476 g/mol. The van der Waals surface area contributed by atoms with Gasteiger partial charge in [0.05, 0.1) is 32.6 Å². The van der Waals surface area contributed by atoms with Crippen LogP contribution in [-0.4, -0.2) is 49.1 Å². The number of benzene rings is 1. The number of nitrogens with zero attached hydrogens (tertiary/aromatic N) is 2. The van der Waals surface area contributed by atoms with Crippen LogP contribution < -0.4 is 14.4 Å². The van der Waals surface area contributed by atoms with E-state index in [9.17, 15) is 19.5 Å². The molecule has 0 saturated heterocycles. The lowest BCUT2D eigenvalue weighted by molar-refractivity contribution is -0.117. The molecule has 0 fully saturated rings. The van der Waals surface area contributed by atoms with Crippen molar-refractivity contribution in [3.63, 3.8) is 0 Å². The maximum atomic E-state index is 13.5. The van der Waals surface area contributed by atoms with Crippen LogP contribution >= 0.6 is 11.3 Å². The lowest BCUT2D eigenvalue weighted by Crippen LogP contribution is -2.31. The van der Waals surface area contributed by atoms with Gasteiger partial charge in [0, 0.05) is 5.56 Å². The van der Waals surface area contributed by atoms with Crippen molar-refractivity contribution < 1.29 is 38.1 Å². The van der Waals surface area contributed by atoms with Crippen LogP contribution in [0.3, 0.4) is 0 Å². The second-order valence-corrected chi connectivity index (χ2v) is 8.57. The molecule has 1 aliphatic rings. The summed E-state index contributed by atoms with van der Waals surface area (Å²) in [5.41, 5.74) is 0.480. The number of carbonyl (C=O) groups excluding carboxylic acids is 3. The van der Waals surface area contributed by atoms with Crippen molar-refractivity contribution in [1.82, 2.24) is 4.98 Å². The first-order valence-corrected chi connectivity index (χ1v) is 11.2. The van der Waals surface area contributed by atoms with Crippen LogP contribution in [0.4, 0.5) is 5.13 Å². The van der Waals surface area contributed by atoms with E-state index >= 15 is 0 Å². The van der Waals surface area contributed by atoms with Gasteiger partial charge in [0.25, 0.3) is 5.91 Å². The van der Waals surface area contributed by atoms with Crippen LogP contribution in [0, 0.1) is 13.8 Å². The van der Waals surface area contributed by atoms with E-state index < -0.39 is 29.5 Å². The van der Waals surface area contributed by atoms with Gasteiger partial charge in [-0.05, 0) is 44.2 Å². The Morgan fingerprint density at radius 3 is 2.46 bits per heavy atom. The van der Waals surface area contributed by atoms with Crippen molar-refractivity contribution >= 4 is 34.1 Å². The quantitative estimate of drug-likeness (QED) is 0.380. The average molecular weight is 499 g/mol. The normalized spacial score (nSPS) is 15.5. The molecule has 0 aliphatic carbocycles. The van der Waals surface area contributed by atoms with E-state index in [-0.39, 0.29) is 21.3 Å². The molecular formula is C24H22N2O8S. The fraction of sp³-hybridized carbons (Fsp3) is 0.250. The molecule has 0 bridgehead atoms. The van der Waals surface area contributed by atoms with E-state index in [2.05, 4.69) is 4.98 Å². The molecule has 4 rings (SSSR count). The molecule has 1 aliphatic heterocycles. The largest absolute Gasteiger partial charge is 0.503 e.